The minimum atomic E-state index is -0.386. The summed E-state index contributed by atoms with van der Waals surface area (Å²) in [6.45, 7) is 16.7. The van der Waals surface area contributed by atoms with Crippen molar-refractivity contribution in [3.05, 3.63) is 12.7 Å². The Hall–Kier alpha value is -0.830. The number of fused-ring (bicyclic) bond motifs is 5. The van der Waals surface area contributed by atoms with Crippen molar-refractivity contribution >= 4 is 5.97 Å². The van der Waals surface area contributed by atoms with Crippen molar-refractivity contribution in [2.24, 2.45) is 64.1 Å². The van der Waals surface area contributed by atoms with E-state index < -0.39 is 0 Å². The summed E-state index contributed by atoms with van der Waals surface area (Å²) in [6.07, 6.45) is 22.0. The third-order valence-electron chi connectivity index (χ3n) is 13.1. The van der Waals surface area contributed by atoms with E-state index in [1.54, 1.807) is 0 Å². The molecule has 39 heavy (non-hydrogen) atoms. The molecular formula is C36H62O3. The first-order valence-electron chi connectivity index (χ1n) is 17.0. The average Bonchev–Trinajstić information content (AvgIpc) is 3.27. The van der Waals surface area contributed by atoms with E-state index in [-0.39, 0.29) is 18.5 Å². The van der Waals surface area contributed by atoms with Crippen LogP contribution in [0.15, 0.2) is 12.7 Å². The molecule has 0 aromatic carbocycles. The van der Waals surface area contributed by atoms with Gasteiger partial charge in [0.15, 0.2) is 0 Å². The van der Waals surface area contributed by atoms with E-state index >= 15 is 0 Å². The molecule has 0 aliphatic heterocycles. The second-order valence-corrected chi connectivity index (χ2v) is 15.6. The minimum Gasteiger partial charge on any atom is -0.462 e. The summed E-state index contributed by atoms with van der Waals surface area (Å²) in [7, 11) is 0. The van der Waals surface area contributed by atoms with E-state index in [9.17, 15) is 9.90 Å². The van der Waals surface area contributed by atoms with Gasteiger partial charge in [0.1, 0.15) is 0 Å². The van der Waals surface area contributed by atoms with Crippen LogP contribution in [0, 0.1) is 64.1 Å². The van der Waals surface area contributed by atoms with Crippen molar-refractivity contribution in [2.75, 3.05) is 13.2 Å². The molecule has 0 amide bonds. The van der Waals surface area contributed by atoms with Gasteiger partial charge in [0, 0.05) is 18.6 Å². The predicted octanol–water partition coefficient (Wildman–Crippen LogP) is 9.23. The number of esters is 1. The molecule has 2 unspecified atom stereocenters. The highest BCUT2D eigenvalue weighted by Gasteiger charge is 2.60. The molecule has 4 fully saturated rings. The fourth-order valence-corrected chi connectivity index (χ4v) is 10.8. The van der Waals surface area contributed by atoms with Gasteiger partial charge in [-0.25, -0.2) is 4.79 Å². The fourth-order valence-electron chi connectivity index (χ4n) is 10.8. The molecule has 224 valence electrons. The number of rotatable bonds is 13. The molecule has 0 aromatic heterocycles. The van der Waals surface area contributed by atoms with Gasteiger partial charge in [-0.2, -0.15) is 0 Å². The average molecular weight is 543 g/mol. The number of hydrogen-bond donors (Lipinski definition) is 1. The normalized spacial score (nSPS) is 39.4. The lowest BCUT2D eigenvalue weighted by molar-refractivity contribution is -0.139. The number of aliphatic hydroxyl groups excluding tert-OH is 1. The smallest absolute Gasteiger partial charge is 0.330 e. The van der Waals surface area contributed by atoms with Gasteiger partial charge in [-0.3, -0.25) is 0 Å². The molecule has 10 atom stereocenters. The van der Waals surface area contributed by atoms with Crippen LogP contribution < -0.4 is 0 Å². The Balaban J connectivity index is 1.29. The van der Waals surface area contributed by atoms with Crippen LogP contribution in [0.2, 0.25) is 0 Å². The molecule has 0 radical (unpaired) electrons. The first-order chi connectivity index (χ1) is 18.6. The van der Waals surface area contributed by atoms with E-state index in [1.807, 2.05) is 0 Å². The first-order valence-corrected chi connectivity index (χ1v) is 17.0. The van der Waals surface area contributed by atoms with Gasteiger partial charge in [-0.15, -0.1) is 0 Å². The molecule has 4 rings (SSSR count). The summed E-state index contributed by atoms with van der Waals surface area (Å²) in [5.74, 6) is 7.05. The predicted molar refractivity (Wildman–Crippen MR) is 162 cm³/mol. The number of carbonyl (C=O) groups excluding carboxylic acids is 1. The molecule has 3 nitrogen and oxygen atoms in total. The molecule has 0 heterocycles. The number of hydrogen-bond acceptors (Lipinski definition) is 3. The van der Waals surface area contributed by atoms with E-state index in [0.717, 1.165) is 60.2 Å². The largest absolute Gasteiger partial charge is 0.462 e. The van der Waals surface area contributed by atoms with Crippen LogP contribution in [0.3, 0.4) is 0 Å². The van der Waals surface area contributed by atoms with Crippen molar-refractivity contribution in [3.8, 4) is 0 Å². The minimum absolute atomic E-state index is 0.0582. The maximum atomic E-state index is 11.4. The number of carbonyl (C=O) groups is 1. The van der Waals surface area contributed by atoms with E-state index in [2.05, 4.69) is 41.2 Å². The molecule has 3 heteroatoms. The van der Waals surface area contributed by atoms with Gasteiger partial charge in [-0.1, -0.05) is 73.3 Å². The van der Waals surface area contributed by atoms with Crippen LogP contribution in [-0.4, -0.2) is 24.3 Å². The summed E-state index contributed by atoms with van der Waals surface area (Å²) in [6, 6.07) is 0. The first kappa shape index (κ1) is 31.1. The third kappa shape index (κ3) is 6.81. The van der Waals surface area contributed by atoms with E-state index in [0.29, 0.717) is 17.4 Å². The molecule has 0 bridgehead atoms. The van der Waals surface area contributed by atoms with Crippen LogP contribution in [0.4, 0.5) is 0 Å². The summed E-state index contributed by atoms with van der Waals surface area (Å²) in [5, 5.41) is 9.72. The quantitative estimate of drug-likeness (QED) is 0.186. The fraction of sp³-hybridized carbons (Fsp3) is 0.917. The van der Waals surface area contributed by atoms with Gasteiger partial charge in [0.2, 0.25) is 0 Å². The van der Waals surface area contributed by atoms with Crippen LogP contribution in [0.5, 0.6) is 0 Å². The highest BCUT2D eigenvalue weighted by atomic mass is 16.5. The third-order valence-corrected chi connectivity index (χ3v) is 13.1. The Morgan fingerprint density at radius 2 is 1.69 bits per heavy atom. The Bertz CT molecular complexity index is 805. The maximum absolute atomic E-state index is 11.4. The highest BCUT2D eigenvalue weighted by Crippen LogP contribution is 2.68. The van der Waals surface area contributed by atoms with Gasteiger partial charge in [0.05, 0.1) is 6.61 Å². The maximum Gasteiger partial charge on any atom is 0.330 e. The Kier molecular flexibility index (Phi) is 10.7. The topological polar surface area (TPSA) is 46.5 Å². The number of ether oxygens (including phenoxy) is 1. The van der Waals surface area contributed by atoms with Gasteiger partial charge < -0.3 is 9.84 Å². The van der Waals surface area contributed by atoms with Gasteiger partial charge in [0.25, 0.3) is 0 Å². The van der Waals surface area contributed by atoms with E-state index in [4.69, 9.17) is 4.74 Å². The standard InChI is InChI=1S/C36H62O3/c1-7-34(38)39-24-28(23-37)13-9-12-27-18-20-35(5)29(22-27)14-15-30-32-17-16-31(26(4)11-8-10-25(2)3)36(32,6)21-19-33(30)35/h7,25-33,37H,1,8-24H2,2-6H3/t26-,27+,28?,29+,30+,31?,32+,33+,35+,36-/m1/s1. The van der Waals surface area contributed by atoms with Crippen molar-refractivity contribution in [3.63, 3.8) is 0 Å². The van der Waals surface area contributed by atoms with Crippen molar-refractivity contribution in [2.45, 2.75) is 131 Å². The lowest BCUT2D eigenvalue weighted by atomic mass is 9.44. The van der Waals surface area contributed by atoms with Crippen molar-refractivity contribution < 1.29 is 14.6 Å². The zero-order valence-electron chi connectivity index (χ0n) is 26.3. The summed E-state index contributed by atoms with van der Waals surface area (Å²) < 4.78 is 5.19. The number of aliphatic hydroxyl groups is 1. The van der Waals surface area contributed by atoms with Crippen LogP contribution in [0.25, 0.3) is 0 Å². The Morgan fingerprint density at radius 1 is 0.949 bits per heavy atom. The van der Waals surface area contributed by atoms with Crippen molar-refractivity contribution in [1.29, 1.82) is 0 Å². The van der Waals surface area contributed by atoms with Gasteiger partial charge in [-0.05, 0) is 122 Å². The highest BCUT2D eigenvalue weighted by molar-refractivity contribution is 5.81. The lowest BCUT2D eigenvalue weighted by Gasteiger charge is -2.61. The van der Waals surface area contributed by atoms with Crippen LogP contribution in [0.1, 0.15) is 131 Å². The van der Waals surface area contributed by atoms with E-state index in [1.165, 1.54) is 89.5 Å². The molecular weight excluding hydrogens is 480 g/mol. The monoisotopic (exact) mass is 542 g/mol. The Morgan fingerprint density at radius 3 is 2.41 bits per heavy atom. The molecule has 0 saturated heterocycles. The van der Waals surface area contributed by atoms with Crippen LogP contribution >= 0.6 is 0 Å². The molecule has 1 N–H and O–H groups in total. The van der Waals surface area contributed by atoms with Crippen molar-refractivity contribution in [1.82, 2.24) is 0 Å². The lowest BCUT2D eigenvalue weighted by Crippen LogP contribution is -2.53. The summed E-state index contributed by atoms with van der Waals surface area (Å²) in [4.78, 5) is 11.4. The molecule has 4 saturated carbocycles. The van der Waals surface area contributed by atoms with Gasteiger partial charge >= 0.3 is 5.97 Å². The second-order valence-electron chi connectivity index (χ2n) is 15.6. The SMILES string of the molecule is C=CC(=O)OCC(CO)CCC[C@H]1CC[C@@]2(C)[C@@H](CC[C@@H]3[C@@H]2CC[C@]2(C)C([C@H](C)CCCC(C)C)CC[C@@H]32)C1. The molecule has 4 aliphatic carbocycles. The summed E-state index contributed by atoms with van der Waals surface area (Å²) in [5.41, 5.74) is 1.16. The second kappa shape index (κ2) is 13.4. The van der Waals surface area contributed by atoms with Crippen LogP contribution in [-0.2, 0) is 9.53 Å². The zero-order valence-corrected chi connectivity index (χ0v) is 26.3. The zero-order chi connectivity index (χ0) is 28.2. The summed E-state index contributed by atoms with van der Waals surface area (Å²) >= 11 is 0. The molecule has 0 spiro atoms. The molecule has 0 aromatic rings. The molecule has 4 aliphatic rings. The Labute approximate surface area is 241 Å².